The largest absolute Gasteiger partial charge is 0.361 e. The van der Waals surface area contributed by atoms with Gasteiger partial charge in [0.25, 0.3) is 0 Å². The summed E-state index contributed by atoms with van der Waals surface area (Å²) in [6.45, 7) is 0. The van der Waals surface area contributed by atoms with E-state index in [0.29, 0.717) is 12.8 Å². The van der Waals surface area contributed by atoms with E-state index in [1.54, 1.807) is 0 Å². The Morgan fingerprint density at radius 2 is 0.250 bits per heavy atom. The van der Waals surface area contributed by atoms with Crippen LogP contribution in [0.3, 0.4) is 0 Å². The molecule has 1 saturated carbocycles. The van der Waals surface area contributed by atoms with Gasteiger partial charge in [-0.3, -0.25) is 0 Å². The summed E-state index contributed by atoms with van der Waals surface area (Å²) in [6, 6.07) is 0. The Hall–Kier alpha value is -0.160. The molecular formula is C40H80O4. The van der Waals surface area contributed by atoms with E-state index in [4.69, 9.17) is 0 Å². The minimum atomic E-state index is -2.42. The van der Waals surface area contributed by atoms with E-state index in [-0.39, 0.29) is 12.8 Å². The minimum absolute atomic E-state index is 0.0278. The van der Waals surface area contributed by atoms with Crippen LogP contribution in [0.25, 0.3) is 0 Å². The number of hydrogen-bond donors (Lipinski definition) is 4. The molecule has 4 heteroatoms. The van der Waals surface area contributed by atoms with Gasteiger partial charge in [-0.15, -0.1) is 0 Å². The smallest absolute Gasteiger partial charge is 0.218 e. The van der Waals surface area contributed by atoms with Crippen molar-refractivity contribution in [2.75, 3.05) is 0 Å². The zero-order valence-corrected chi connectivity index (χ0v) is 29.7. The van der Waals surface area contributed by atoms with Crippen LogP contribution < -0.4 is 0 Å². The lowest BCUT2D eigenvalue weighted by Gasteiger charge is -2.35. The van der Waals surface area contributed by atoms with Crippen LogP contribution in [0.15, 0.2) is 0 Å². The van der Waals surface area contributed by atoms with E-state index >= 15 is 0 Å². The molecule has 0 aromatic rings. The molecule has 1 aliphatic rings. The highest BCUT2D eigenvalue weighted by Gasteiger charge is 2.45. The first-order chi connectivity index (χ1) is 21.5. The number of hydrogen-bond acceptors (Lipinski definition) is 4. The average Bonchev–Trinajstić information content (AvgIpc) is 3.00. The highest BCUT2D eigenvalue weighted by Crippen LogP contribution is 2.29. The first-order valence-corrected chi connectivity index (χ1v) is 20.4. The monoisotopic (exact) mass is 625 g/mol. The molecular weight excluding hydrogens is 544 g/mol. The molecule has 0 aliphatic heterocycles. The van der Waals surface area contributed by atoms with Crippen LogP contribution in [0.4, 0.5) is 0 Å². The van der Waals surface area contributed by atoms with Gasteiger partial charge in [-0.2, -0.15) is 0 Å². The second kappa shape index (κ2) is 30.2. The van der Waals surface area contributed by atoms with Gasteiger partial charge in [-0.25, -0.2) is 0 Å². The summed E-state index contributed by atoms with van der Waals surface area (Å²) in [5, 5.41) is 41.4. The second-order valence-corrected chi connectivity index (χ2v) is 14.9. The van der Waals surface area contributed by atoms with Crippen molar-refractivity contribution in [3.05, 3.63) is 0 Å². The van der Waals surface area contributed by atoms with Crippen LogP contribution >= 0.6 is 0 Å². The molecule has 0 bridgehead atoms. The lowest BCUT2D eigenvalue weighted by Crippen LogP contribution is -2.54. The maximum atomic E-state index is 10.4. The summed E-state index contributed by atoms with van der Waals surface area (Å²) >= 11 is 0. The fourth-order valence-electron chi connectivity index (χ4n) is 7.15. The normalized spacial score (nSPS) is 25.4. The fraction of sp³-hybridized carbons (Fsp3) is 1.00. The van der Waals surface area contributed by atoms with Crippen LogP contribution in [0.1, 0.15) is 244 Å². The summed E-state index contributed by atoms with van der Waals surface area (Å²) in [6.07, 6.45) is 46.9. The zero-order chi connectivity index (χ0) is 31.9. The summed E-state index contributed by atoms with van der Waals surface area (Å²) < 4.78 is 0. The van der Waals surface area contributed by atoms with Crippen molar-refractivity contribution < 1.29 is 20.4 Å². The van der Waals surface area contributed by atoms with Gasteiger partial charge in [-0.1, -0.05) is 218 Å². The molecule has 264 valence electrons. The maximum absolute atomic E-state index is 10.4. The molecule has 0 atom stereocenters. The molecule has 1 fully saturated rings. The van der Waals surface area contributed by atoms with Gasteiger partial charge in [-0.05, 0) is 12.8 Å². The Balaban J connectivity index is 2.19. The van der Waals surface area contributed by atoms with Gasteiger partial charge in [0.2, 0.25) is 11.6 Å². The molecule has 4 nitrogen and oxygen atoms in total. The van der Waals surface area contributed by atoms with Crippen LogP contribution in [-0.4, -0.2) is 32.0 Å². The quantitative estimate of drug-likeness (QED) is 0.202. The lowest BCUT2D eigenvalue weighted by atomic mass is 9.93. The molecule has 4 N–H and O–H groups in total. The molecule has 0 amide bonds. The van der Waals surface area contributed by atoms with Crippen molar-refractivity contribution in [2.45, 2.75) is 256 Å². The third kappa shape index (κ3) is 26.0. The van der Waals surface area contributed by atoms with Crippen molar-refractivity contribution in [1.82, 2.24) is 0 Å². The van der Waals surface area contributed by atoms with Gasteiger partial charge in [0.05, 0.1) is 0 Å². The van der Waals surface area contributed by atoms with Crippen molar-refractivity contribution in [3.63, 3.8) is 0 Å². The zero-order valence-electron chi connectivity index (χ0n) is 29.7. The van der Waals surface area contributed by atoms with Crippen LogP contribution in [0.2, 0.25) is 0 Å². The van der Waals surface area contributed by atoms with Crippen LogP contribution in [0, 0.1) is 0 Å². The van der Waals surface area contributed by atoms with E-state index < -0.39 is 11.6 Å². The Bertz CT molecular complexity index is 526. The topological polar surface area (TPSA) is 80.9 Å². The molecule has 0 aromatic carbocycles. The maximum Gasteiger partial charge on any atom is 0.218 e. The van der Waals surface area contributed by atoms with Crippen LogP contribution in [-0.2, 0) is 0 Å². The van der Waals surface area contributed by atoms with Gasteiger partial charge < -0.3 is 20.4 Å². The summed E-state index contributed by atoms with van der Waals surface area (Å²) in [4.78, 5) is 0. The molecule has 0 unspecified atom stereocenters. The Kier molecular flexibility index (Phi) is 28.7. The highest BCUT2D eigenvalue weighted by molar-refractivity contribution is 4.82. The molecule has 1 rings (SSSR count). The van der Waals surface area contributed by atoms with E-state index in [2.05, 4.69) is 0 Å². The Morgan fingerprint density at radius 3 is 0.364 bits per heavy atom. The standard InChI is InChI=1S/C40H80O4/c41-39(42)37-35-33-31-29-27-25-23-21-19-17-15-13-11-9-7-5-3-1-2-4-6-8-10-12-14-16-18-20-22-24-26-28-30-32-34-36-38-40(39,43)44/h41-44H,1-38H2. The van der Waals surface area contributed by atoms with Crippen LogP contribution in [0.5, 0.6) is 0 Å². The molecule has 0 heterocycles. The SMILES string of the molecule is OC1(O)CCCCCCCCCCCCCCCCCCCCCCCCCCCCCCCCCCCCCCC1(O)O. The minimum Gasteiger partial charge on any atom is -0.361 e. The first kappa shape index (κ1) is 41.9. The van der Waals surface area contributed by atoms with E-state index in [9.17, 15) is 20.4 Å². The van der Waals surface area contributed by atoms with Gasteiger partial charge >= 0.3 is 0 Å². The predicted octanol–water partition coefficient (Wildman–Crippen LogP) is 12.2. The third-order valence-corrected chi connectivity index (χ3v) is 10.4. The van der Waals surface area contributed by atoms with E-state index in [1.165, 1.54) is 193 Å². The van der Waals surface area contributed by atoms with Gasteiger partial charge in [0, 0.05) is 12.8 Å². The second-order valence-electron chi connectivity index (χ2n) is 14.9. The van der Waals surface area contributed by atoms with Gasteiger partial charge in [0.1, 0.15) is 0 Å². The molecule has 0 aromatic heterocycles. The Morgan fingerprint density at radius 1 is 0.159 bits per heavy atom. The number of rotatable bonds is 0. The molecule has 0 saturated heterocycles. The van der Waals surface area contributed by atoms with Crippen molar-refractivity contribution in [3.8, 4) is 0 Å². The average molecular weight is 625 g/mol. The predicted molar refractivity (Wildman–Crippen MR) is 190 cm³/mol. The van der Waals surface area contributed by atoms with Crippen molar-refractivity contribution >= 4 is 0 Å². The molecule has 44 heavy (non-hydrogen) atoms. The number of aliphatic hydroxyl groups is 4. The lowest BCUT2D eigenvalue weighted by molar-refractivity contribution is -0.361. The summed E-state index contributed by atoms with van der Waals surface area (Å²) in [5.74, 6) is -4.83. The summed E-state index contributed by atoms with van der Waals surface area (Å²) in [7, 11) is 0. The molecule has 0 spiro atoms. The van der Waals surface area contributed by atoms with Crippen molar-refractivity contribution in [1.29, 1.82) is 0 Å². The Labute approximate surface area is 275 Å². The highest BCUT2D eigenvalue weighted by atomic mass is 16.6. The van der Waals surface area contributed by atoms with Crippen molar-refractivity contribution in [2.24, 2.45) is 0 Å². The van der Waals surface area contributed by atoms with Gasteiger partial charge in [0.15, 0.2) is 0 Å². The van der Waals surface area contributed by atoms with E-state index in [0.717, 1.165) is 25.7 Å². The first-order valence-electron chi connectivity index (χ1n) is 20.4. The van der Waals surface area contributed by atoms with E-state index in [1.807, 2.05) is 0 Å². The molecule has 1 aliphatic carbocycles. The third-order valence-electron chi connectivity index (χ3n) is 10.4. The fourth-order valence-corrected chi connectivity index (χ4v) is 7.15. The summed E-state index contributed by atoms with van der Waals surface area (Å²) in [5.41, 5.74) is 0. The molecule has 0 radical (unpaired) electrons.